The largest absolute Gasteiger partial charge is 0.465 e. The van der Waals surface area contributed by atoms with Crippen molar-refractivity contribution in [2.45, 2.75) is 110 Å². The molecule has 2 aliphatic rings. The lowest BCUT2D eigenvalue weighted by atomic mass is 10.0. The van der Waals surface area contributed by atoms with E-state index in [-0.39, 0.29) is 24.7 Å². The summed E-state index contributed by atoms with van der Waals surface area (Å²) in [5.74, 6) is -0.707. The second-order valence-corrected chi connectivity index (χ2v) is 11.2. The molecule has 0 spiro atoms. The molecule has 2 atom stereocenters. The van der Waals surface area contributed by atoms with E-state index in [2.05, 4.69) is 42.1 Å². The number of esters is 1. The van der Waals surface area contributed by atoms with Crippen molar-refractivity contribution in [3.63, 3.8) is 0 Å². The monoisotopic (exact) mass is 579 g/mol. The first-order valence-corrected chi connectivity index (χ1v) is 15.8. The fourth-order valence-electron chi connectivity index (χ4n) is 5.38. The highest BCUT2D eigenvalue weighted by atomic mass is 16.5. The van der Waals surface area contributed by atoms with Gasteiger partial charge in [-0.1, -0.05) is 107 Å². The fourth-order valence-corrected chi connectivity index (χ4v) is 5.38. The molecular weight excluding hydrogens is 528 g/mol. The molecule has 0 saturated heterocycles. The summed E-state index contributed by atoms with van der Waals surface area (Å²) in [6, 6.07) is 16.3. The lowest BCUT2D eigenvalue weighted by molar-refractivity contribution is -0.154. The third kappa shape index (κ3) is 13.0. The van der Waals surface area contributed by atoms with Gasteiger partial charge < -0.3 is 25.6 Å². The van der Waals surface area contributed by atoms with Gasteiger partial charge in [0.1, 0.15) is 6.10 Å². The molecule has 1 amide bonds. The smallest absolute Gasteiger partial charge is 0.404 e. The molecule has 0 saturated carbocycles. The molecule has 0 fully saturated rings. The molecule has 0 bridgehead atoms. The fraction of sp³-hybridized carbons (Fsp3) is 0.571. The summed E-state index contributed by atoms with van der Waals surface area (Å²) in [5, 5.41) is 11.1. The lowest BCUT2D eigenvalue weighted by Gasteiger charge is -2.19. The maximum absolute atomic E-state index is 12.5. The molecule has 7 heteroatoms. The van der Waals surface area contributed by atoms with Gasteiger partial charge in [-0.15, -0.1) is 0 Å². The van der Waals surface area contributed by atoms with Gasteiger partial charge in [-0.2, -0.15) is 0 Å². The standard InChI is InChI=1S/C18H25NO4.C10H9O.C7H17N/c1-2-3-4-8-14(12-19-18(21)22)17(20)23-16-11-10-13-7-5-6-9-15(13)16;1-11-10-6-8-4-2-3-5-9(8)7-10;1-2-3-4-5-6-7-8/h5-7,9,14,16,19H,2-4,8,10-12H2,1H3,(H,21,22);2-5,10H,6-7H2;2-8H2,1H3. The van der Waals surface area contributed by atoms with Crippen LogP contribution < -0.4 is 11.1 Å². The Hall–Kier alpha value is -2.90. The van der Waals surface area contributed by atoms with Crippen molar-refractivity contribution >= 4 is 12.1 Å². The molecule has 2 aromatic carbocycles. The molecule has 7 nitrogen and oxygen atoms in total. The number of hydrogen-bond donors (Lipinski definition) is 3. The molecule has 42 heavy (non-hydrogen) atoms. The van der Waals surface area contributed by atoms with Crippen LogP contribution in [-0.4, -0.2) is 36.4 Å². The Kier molecular flexibility index (Phi) is 17.6. The van der Waals surface area contributed by atoms with E-state index < -0.39 is 12.0 Å². The predicted octanol–water partition coefficient (Wildman–Crippen LogP) is 7.31. The molecule has 2 unspecified atom stereocenters. The summed E-state index contributed by atoms with van der Waals surface area (Å²) in [6.45, 7) is 5.30. The van der Waals surface area contributed by atoms with Crippen LogP contribution in [0, 0.1) is 13.0 Å². The maximum atomic E-state index is 12.5. The molecule has 231 valence electrons. The second-order valence-electron chi connectivity index (χ2n) is 11.2. The first kappa shape index (κ1) is 35.3. The molecule has 0 heterocycles. The Morgan fingerprint density at radius 3 is 2.12 bits per heavy atom. The number of carboxylic acid groups (broad SMARTS) is 1. The SMILES string of the molecule is CCCCCC(CNC(=O)O)C(=O)OC1CCc2ccccc21.CCCCCCCN.[C]OC1Cc2ccccc2C1. The Labute approximate surface area is 253 Å². The van der Waals surface area contributed by atoms with Crippen LogP contribution in [-0.2, 0) is 33.5 Å². The van der Waals surface area contributed by atoms with Crippen molar-refractivity contribution in [3.05, 3.63) is 77.9 Å². The molecule has 4 rings (SSSR count). The van der Waals surface area contributed by atoms with E-state index in [1.165, 1.54) is 48.8 Å². The van der Waals surface area contributed by atoms with Crippen LogP contribution in [0.4, 0.5) is 4.79 Å². The summed E-state index contributed by atoms with van der Waals surface area (Å²) in [4.78, 5) is 23.2. The van der Waals surface area contributed by atoms with Crippen molar-refractivity contribution in [3.8, 4) is 0 Å². The van der Waals surface area contributed by atoms with E-state index in [1.54, 1.807) is 0 Å². The van der Waals surface area contributed by atoms with Gasteiger partial charge in [-0.05, 0) is 67.3 Å². The molecule has 0 aliphatic heterocycles. The number of nitrogens with two attached hydrogens (primary N) is 1. The predicted molar refractivity (Wildman–Crippen MR) is 167 cm³/mol. The minimum atomic E-state index is -1.11. The van der Waals surface area contributed by atoms with Crippen molar-refractivity contribution in [1.29, 1.82) is 0 Å². The van der Waals surface area contributed by atoms with E-state index in [4.69, 9.17) is 22.7 Å². The minimum absolute atomic E-state index is 0.0902. The van der Waals surface area contributed by atoms with E-state index in [1.807, 2.05) is 30.3 Å². The summed E-state index contributed by atoms with van der Waals surface area (Å²) in [6.07, 6.45) is 12.6. The van der Waals surface area contributed by atoms with Crippen molar-refractivity contribution in [2.75, 3.05) is 13.1 Å². The zero-order valence-corrected chi connectivity index (χ0v) is 25.6. The van der Waals surface area contributed by atoms with Gasteiger partial charge >= 0.3 is 12.1 Å². The van der Waals surface area contributed by atoms with Gasteiger partial charge in [-0.25, -0.2) is 4.79 Å². The van der Waals surface area contributed by atoms with E-state index in [0.717, 1.165) is 57.1 Å². The Bertz CT molecular complexity index is 1010. The number of unbranched alkanes of at least 4 members (excludes halogenated alkanes) is 6. The maximum Gasteiger partial charge on any atom is 0.404 e. The molecule has 2 aliphatic carbocycles. The third-order valence-electron chi connectivity index (χ3n) is 7.81. The zero-order valence-electron chi connectivity index (χ0n) is 25.6. The highest BCUT2D eigenvalue weighted by Crippen LogP contribution is 2.34. The first-order chi connectivity index (χ1) is 20.4. The van der Waals surface area contributed by atoms with Crippen LogP contribution in [0.25, 0.3) is 0 Å². The zero-order chi connectivity index (χ0) is 30.6. The number of benzene rings is 2. The minimum Gasteiger partial charge on any atom is -0.465 e. The van der Waals surface area contributed by atoms with Crippen LogP contribution in [0.3, 0.4) is 0 Å². The van der Waals surface area contributed by atoms with Crippen LogP contribution >= 0.6 is 0 Å². The van der Waals surface area contributed by atoms with Crippen LogP contribution in [0.15, 0.2) is 48.5 Å². The van der Waals surface area contributed by atoms with Gasteiger partial charge in [0.2, 0.25) is 0 Å². The summed E-state index contributed by atoms with van der Waals surface area (Å²) in [5.41, 5.74) is 10.3. The van der Waals surface area contributed by atoms with Gasteiger partial charge in [0.25, 0.3) is 0 Å². The number of amides is 1. The van der Waals surface area contributed by atoms with Crippen molar-refractivity contribution < 1.29 is 24.2 Å². The average Bonchev–Trinajstić information content (AvgIpc) is 3.62. The highest BCUT2D eigenvalue weighted by molar-refractivity contribution is 5.74. The van der Waals surface area contributed by atoms with Crippen molar-refractivity contribution in [1.82, 2.24) is 5.32 Å². The number of fused-ring (bicyclic) bond motifs is 2. The van der Waals surface area contributed by atoms with Crippen LogP contribution in [0.2, 0.25) is 0 Å². The van der Waals surface area contributed by atoms with Gasteiger partial charge in [0.15, 0.2) is 7.11 Å². The summed E-state index contributed by atoms with van der Waals surface area (Å²) in [7, 11) is 6.78. The second kappa shape index (κ2) is 20.9. The number of carbonyl (C=O) groups is 2. The Morgan fingerprint density at radius 2 is 1.52 bits per heavy atom. The summed E-state index contributed by atoms with van der Waals surface area (Å²) < 4.78 is 10.2. The van der Waals surface area contributed by atoms with Gasteiger partial charge in [0.05, 0.1) is 12.0 Å². The number of aryl methyl sites for hydroxylation is 1. The molecule has 2 aromatic rings. The first-order valence-electron chi connectivity index (χ1n) is 15.8. The topological polar surface area (TPSA) is 111 Å². The highest BCUT2D eigenvalue weighted by Gasteiger charge is 2.29. The number of ether oxygens (including phenoxy) is 2. The average molecular weight is 580 g/mol. The van der Waals surface area contributed by atoms with E-state index in [9.17, 15) is 9.59 Å². The molecule has 4 N–H and O–H groups in total. The number of carbonyl (C=O) groups excluding carboxylic acids is 1. The number of nitrogens with one attached hydrogen (secondary N) is 1. The van der Waals surface area contributed by atoms with Gasteiger partial charge in [0, 0.05) is 6.54 Å². The van der Waals surface area contributed by atoms with Crippen LogP contribution in [0.5, 0.6) is 0 Å². The van der Waals surface area contributed by atoms with E-state index in [0.29, 0.717) is 6.42 Å². The van der Waals surface area contributed by atoms with Crippen molar-refractivity contribution in [2.24, 2.45) is 11.7 Å². The van der Waals surface area contributed by atoms with Crippen LogP contribution in [0.1, 0.15) is 106 Å². The number of hydrogen-bond acceptors (Lipinski definition) is 5. The third-order valence-corrected chi connectivity index (χ3v) is 7.81. The van der Waals surface area contributed by atoms with E-state index >= 15 is 0 Å². The normalized spacial score (nSPS) is 15.8. The quantitative estimate of drug-likeness (QED) is 0.160. The Balaban J connectivity index is 0.000000266. The summed E-state index contributed by atoms with van der Waals surface area (Å²) >= 11 is 0. The van der Waals surface area contributed by atoms with Gasteiger partial charge in [-0.3, -0.25) is 4.79 Å². The Morgan fingerprint density at radius 1 is 0.929 bits per heavy atom. The number of rotatable bonds is 14. The molecular formula is C35H51N2O5. The molecule has 0 aromatic heterocycles. The lowest BCUT2D eigenvalue weighted by Crippen LogP contribution is -2.33. The molecule has 3 radical (unpaired) electrons.